The molecule has 0 saturated heterocycles. The van der Waals surface area contributed by atoms with Crippen LogP contribution >= 0.6 is 11.6 Å². The number of hydrogen-bond donors (Lipinski definition) is 2. The maximum absolute atomic E-state index is 11.7. The highest BCUT2D eigenvalue weighted by molar-refractivity contribution is 6.31. The zero-order chi connectivity index (χ0) is 20.1. The summed E-state index contributed by atoms with van der Waals surface area (Å²) in [5.41, 5.74) is -0.537. The molecule has 0 amide bonds. The minimum atomic E-state index is -1.04. The number of rotatable bonds is 6. The van der Waals surface area contributed by atoms with Gasteiger partial charge in [0.25, 0.3) is 5.88 Å². The molecule has 3 aromatic rings. The Hall–Kier alpha value is -3.65. The first-order chi connectivity index (χ1) is 13.5. The van der Waals surface area contributed by atoms with Crippen LogP contribution < -0.4 is 10.3 Å². The molecule has 142 valence electrons. The minimum absolute atomic E-state index is 0.0333. The molecular weight excluding hydrogens is 386 g/mol. The monoisotopic (exact) mass is 399 g/mol. The number of halogens is 1. The minimum Gasteiger partial charge on any atom is -0.488 e. The van der Waals surface area contributed by atoms with Crippen LogP contribution in [0.4, 0.5) is 5.69 Å². The van der Waals surface area contributed by atoms with E-state index in [0.717, 1.165) is 5.56 Å². The Balaban J connectivity index is 1.83. The highest BCUT2D eigenvalue weighted by Crippen LogP contribution is 2.24. The lowest BCUT2D eigenvalue weighted by Crippen LogP contribution is -2.14. The van der Waals surface area contributed by atoms with Crippen LogP contribution in [0.5, 0.6) is 11.6 Å². The number of benzene rings is 2. The van der Waals surface area contributed by atoms with Crippen molar-refractivity contribution in [3.05, 3.63) is 91.0 Å². The zero-order valence-electron chi connectivity index (χ0n) is 14.3. The van der Waals surface area contributed by atoms with Crippen molar-refractivity contribution in [2.75, 3.05) is 0 Å². The van der Waals surface area contributed by atoms with Gasteiger partial charge in [0.2, 0.25) is 0 Å². The van der Waals surface area contributed by atoms with Gasteiger partial charge in [0.1, 0.15) is 18.2 Å². The summed E-state index contributed by atoms with van der Waals surface area (Å²) in [5, 5.41) is 20.9. The molecule has 2 aromatic carbocycles. The van der Waals surface area contributed by atoms with E-state index in [0.29, 0.717) is 16.3 Å². The molecule has 0 aliphatic carbocycles. The number of ether oxygens (including phenoxy) is 1. The third-order valence-electron chi connectivity index (χ3n) is 3.76. The van der Waals surface area contributed by atoms with Gasteiger partial charge in [-0.15, -0.1) is 0 Å². The third-order valence-corrected chi connectivity index (χ3v) is 4.13. The van der Waals surface area contributed by atoms with Crippen LogP contribution in [0.15, 0.2) is 53.3 Å². The fourth-order valence-electron chi connectivity index (χ4n) is 2.40. The second-order valence-corrected chi connectivity index (χ2v) is 6.04. The molecule has 8 nitrogen and oxygen atoms in total. The number of H-pyrrole nitrogens is 1. The van der Waals surface area contributed by atoms with Crippen molar-refractivity contribution in [3.63, 3.8) is 0 Å². The Kier molecular flexibility index (Phi) is 5.71. The molecule has 1 heterocycles. The smallest absolute Gasteiger partial charge is 0.395 e. The van der Waals surface area contributed by atoms with Gasteiger partial charge in [-0.3, -0.25) is 14.9 Å². The second kappa shape index (κ2) is 8.36. The van der Waals surface area contributed by atoms with Gasteiger partial charge < -0.3 is 14.8 Å². The van der Waals surface area contributed by atoms with Gasteiger partial charge in [0.05, 0.1) is 4.92 Å². The maximum Gasteiger partial charge on any atom is 0.395 e. The first-order valence-corrected chi connectivity index (χ1v) is 8.44. The van der Waals surface area contributed by atoms with Crippen LogP contribution in [0, 0.1) is 10.1 Å². The third kappa shape index (κ3) is 4.36. The molecule has 0 bridgehead atoms. The molecule has 0 saturated carbocycles. The molecule has 9 heteroatoms. The normalized spacial score (nSPS) is 10.9. The van der Waals surface area contributed by atoms with E-state index in [1.165, 1.54) is 6.08 Å². The Morgan fingerprint density at radius 1 is 1.18 bits per heavy atom. The predicted molar refractivity (Wildman–Crippen MR) is 104 cm³/mol. The van der Waals surface area contributed by atoms with E-state index in [9.17, 15) is 20.0 Å². The largest absolute Gasteiger partial charge is 0.488 e. The first kappa shape index (κ1) is 19.1. The highest BCUT2D eigenvalue weighted by atomic mass is 35.5. The van der Waals surface area contributed by atoms with Gasteiger partial charge in [-0.25, -0.2) is 0 Å². The number of nitrogens with zero attached hydrogens (tertiary/aromatic N) is 2. The van der Waals surface area contributed by atoms with Crippen LogP contribution in [-0.2, 0) is 6.61 Å². The SMILES string of the molecule is O=c1[nH]c(C=Cc2ccccc2OCc2ccccc2Cl)nc(O)c1[N+](=O)[O-]. The lowest BCUT2D eigenvalue weighted by Gasteiger charge is -2.10. The van der Waals surface area contributed by atoms with Gasteiger partial charge in [0.15, 0.2) is 0 Å². The van der Waals surface area contributed by atoms with Crippen molar-refractivity contribution in [3.8, 4) is 11.6 Å². The van der Waals surface area contributed by atoms with Gasteiger partial charge in [-0.1, -0.05) is 48.0 Å². The van der Waals surface area contributed by atoms with E-state index in [1.807, 2.05) is 18.2 Å². The van der Waals surface area contributed by atoms with Gasteiger partial charge in [-0.2, -0.15) is 4.98 Å². The summed E-state index contributed by atoms with van der Waals surface area (Å²) in [6, 6.07) is 14.5. The molecular formula is C19H14ClN3O5. The Morgan fingerprint density at radius 2 is 1.89 bits per heavy atom. The van der Waals surface area contributed by atoms with Crippen LogP contribution in [0.25, 0.3) is 12.2 Å². The summed E-state index contributed by atoms with van der Waals surface area (Å²) in [6.45, 7) is 0.262. The highest BCUT2D eigenvalue weighted by Gasteiger charge is 2.21. The topological polar surface area (TPSA) is 118 Å². The number of para-hydroxylation sites is 1. The average Bonchev–Trinajstić information content (AvgIpc) is 2.65. The number of aromatic hydroxyl groups is 1. The molecule has 0 atom stereocenters. The first-order valence-electron chi connectivity index (χ1n) is 8.06. The molecule has 1 aromatic heterocycles. The van der Waals surface area contributed by atoms with Crippen LogP contribution in [0.1, 0.15) is 17.0 Å². The van der Waals surface area contributed by atoms with Gasteiger partial charge >= 0.3 is 11.2 Å². The number of aromatic amines is 1. The maximum atomic E-state index is 11.7. The van der Waals surface area contributed by atoms with E-state index in [4.69, 9.17) is 16.3 Å². The van der Waals surface area contributed by atoms with Gasteiger partial charge in [-0.05, 0) is 24.3 Å². The summed E-state index contributed by atoms with van der Waals surface area (Å²) in [5.74, 6) is -0.419. The van der Waals surface area contributed by atoms with Crippen molar-refractivity contribution in [2.24, 2.45) is 0 Å². The molecule has 3 rings (SSSR count). The Morgan fingerprint density at radius 3 is 2.61 bits per heavy atom. The van der Waals surface area contributed by atoms with Crippen molar-refractivity contribution >= 4 is 29.4 Å². The van der Waals surface area contributed by atoms with E-state index in [2.05, 4.69) is 9.97 Å². The molecule has 0 aliphatic rings. The molecule has 0 unspecified atom stereocenters. The summed E-state index contributed by atoms with van der Waals surface area (Å²) in [6.07, 6.45) is 3.01. The molecule has 0 radical (unpaired) electrons. The Labute approximate surface area is 163 Å². The molecule has 0 aliphatic heterocycles. The van der Waals surface area contributed by atoms with Crippen molar-refractivity contribution < 1.29 is 14.8 Å². The van der Waals surface area contributed by atoms with E-state index >= 15 is 0 Å². The van der Waals surface area contributed by atoms with E-state index in [1.54, 1.807) is 36.4 Å². The van der Waals surface area contributed by atoms with Gasteiger partial charge in [0, 0.05) is 16.1 Å². The molecule has 2 N–H and O–H groups in total. The number of hydrogen-bond acceptors (Lipinski definition) is 6. The number of nitro groups is 1. The molecule has 28 heavy (non-hydrogen) atoms. The number of nitrogens with one attached hydrogen (secondary N) is 1. The summed E-state index contributed by atoms with van der Waals surface area (Å²) >= 11 is 6.13. The standard InChI is InChI=1S/C19H14ClN3O5/c20-14-7-3-1-6-13(14)11-28-15-8-4-2-5-12(15)9-10-16-21-18(24)17(23(26)27)19(25)22-16/h1-10H,11H2,(H2,21,22,24,25). The van der Waals surface area contributed by atoms with Crippen LogP contribution in [0.2, 0.25) is 5.02 Å². The molecule has 0 fully saturated rings. The lowest BCUT2D eigenvalue weighted by molar-refractivity contribution is -0.387. The average molecular weight is 400 g/mol. The van der Waals surface area contributed by atoms with E-state index < -0.39 is 22.0 Å². The van der Waals surface area contributed by atoms with Crippen molar-refractivity contribution in [1.82, 2.24) is 9.97 Å². The van der Waals surface area contributed by atoms with Crippen LogP contribution in [0.3, 0.4) is 0 Å². The fraction of sp³-hybridized carbons (Fsp3) is 0.0526. The number of aromatic nitrogens is 2. The van der Waals surface area contributed by atoms with Crippen LogP contribution in [-0.4, -0.2) is 20.0 Å². The van der Waals surface area contributed by atoms with Crippen molar-refractivity contribution in [2.45, 2.75) is 6.61 Å². The summed E-state index contributed by atoms with van der Waals surface area (Å²) in [7, 11) is 0. The summed E-state index contributed by atoms with van der Waals surface area (Å²) < 4.78 is 5.82. The van der Waals surface area contributed by atoms with Crippen molar-refractivity contribution in [1.29, 1.82) is 0 Å². The molecule has 0 spiro atoms. The second-order valence-electron chi connectivity index (χ2n) is 5.63. The zero-order valence-corrected chi connectivity index (χ0v) is 15.1. The van der Waals surface area contributed by atoms with E-state index in [-0.39, 0.29) is 12.4 Å². The lowest BCUT2D eigenvalue weighted by atomic mass is 10.2. The fourth-order valence-corrected chi connectivity index (χ4v) is 2.60. The summed E-state index contributed by atoms with van der Waals surface area (Å²) in [4.78, 5) is 27.3. The Bertz CT molecular complexity index is 1110. The predicted octanol–water partition coefficient (Wildman–Crippen LogP) is 3.79. The quantitative estimate of drug-likeness (QED) is 0.481.